The molecule has 0 heterocycles. The summed E-state index contributed by atoms with van der Waals surface area (Å²) in [6.07, 6.45) is 4.18. The van der Waals surface area contributed by atoms with Crippen LogP contribution in [0.5, 0.6) is 0 Å². The maximum absolute atomic E-state index is 5.88. The average Bonchev–Trinajstić information content (AvgIpc) is 2.13. The number of hydrogen-bond donors (Lipinski definition) is 0. The first-order valence-corrected chi connectivity index (χ1v) is 6.62. The fourth-order valence-corrected chi connectivity index (χ4v) is 3.07. The highest BCUT2D eigenvalue weighted by Gasteiger charge is 2.27. The van der Waals surface area contributed by atoms with Gasteiger partial charge in [-0.05, 0) is 42.4 Å². The summed E-state index contributed by atoms with van der Waals surface area (Å²) in [5.74, 6) is 1.57. The van der Waals surface area contributed by atoms with E-state index in [4.69, 9.17) is 11.6 Å². The van der Waals surface area contributed by atoms with E-state index in [0.717, 1.165) is 16.3 Å². The van der Waals surface area contributed by atoms with E-state index in [1.165, 1.54) is 24.8 Å². The molecular formula is C12H14BrCl. The third-order valence-electron chi connectivity index (χ3n) is 3.18. The van der Waals surface area contributed by atoms with Crippen molar-refractivity contribution in [2.45, 2.75) is 25.2 Å². The van der Waals surface area contributed by atoms with Crippen molar-refractivity contribution in [1.82, 2.24) is 0 Å². The van der Waals surface area contributed by atoms with Gasteiger partial charge in [-0.1, -0.05) is 46.1 Å². The summed E-state index contributed by atoms with van der Waals surface area (Å²) < 4.78 is 0. The van der Waals surface area contributed by atoms with Crippen LogP contribution in [0.3, 0.4) is 0 Å². The molecule has 1 aliphatic carbocycles. The molecule has 0 aliphatic heterocycles. The van der Waals surface area contributed by atoms with Crippen molar-refractivity contribution >= 4 is 27.5 Å². The fraction of sp³-hybridized carbons (Fsp3) is 0.500. The minimum absolute atomic E-state index is 0.681. The van der Waals surface area contributed by atoms with Gasteiger partial charge in [0.05, 0.1) is 0 Å². The zero-order valence-corrected chi connectivity index (χ0v) is 10.4. The molecule has 1 aromatic carbocycles. The lowest BCUT2D eigenvalue weighted by molar-refractivity contribution is 0.275. The average molecular weight is 274 g/mol. The molecule has 0 N–H and O–H groups in total. The van der Waals surface area contributed by atoms with E-state index in [1.807, 2.05) is 12.1 Å². The van der Waals surface area contributed by atoms with E-state index in [2.05, 4.69) is 28.1 Å². The molecule has 0 bridgehead atoms. The molecule has 0 aromatic heterocycles. The van der Waals surface area contributed by atoms with Gasteiger partial charge in [0.1, 0.15) is 0 Å². The summed E-state index contributed by atoms with van der Waals surface area (Å²) in [7, 11) is 0. The Bertz CT molecular complexity index is 290. The number of rotatable bonds is 3. The minimum atomic E-state index is 0.681. The summed E-state index contributed by atoms with van der Waals surface area (Å²) in [6, 6.07) is 8.30. The Balaban J connectivity index is 2.14. The summed E-state index contributed by atoms with van der Waals surface area (Å²) >= 11 is 9.49. The van der Waals surface area contributed by atoms with Crippen molar-refractivity contribution in [2.75, 3.05) is 5.33 Å². The van der Waals surface area contributed by atoms with Gasteiger partial charge < -0.3 is 0 Å². The number of hydrogen-bond acceptors (Lipinski definition) is 0. The first kappa shape index (κ1) is 10.5. The molecule has 2 rings (SSSR count). The molecule has 76 valence electrons. The molecule has 2 heteroatoms. The zero-order valence-electron chi connectivity index (χ0n) is 8.05. The van der Waals surface area contributed by atoms with Crippen molar-refractivity contribution in [2.24, 2.45) is 5.92 Å². The SMILES string of the molecule is Clc1ccc(C(CBr)C2CCC2)cc1. The molecule has 0 spiro atoms. The Hall–Kier alpha value is -0.0100. The molecule has 0 nitrogen and oxygen atoms in total. The van der Waals surface area contributed by atoms with Crippen LogP contribution in [0.15, 0.2) is 24.3 Å². The number of halogens is 2. The highest BCUT2D eigenvalue weighted by atomic mass is 79.9. The molecule has 1 atom stereocenters. The van der Waals surface area contributed by atoms with Crippen molar-refractivity contribution in [1.29, 1.82) is 0 Å². The third-order valence-corrected chi connectivity index (χ3v) is 4.13. The van der Waals surface area contributed by atoms with Crippen LogP contribution in [-0.2, 0) is 0 Å². The van der Waals surface area contributed by atoms with E-state index in [9.17, 15) is 0 Å². The molecule has 14 heavy (non-hydrogen) atoms. The van der Waals surface area contributed by atoms with Gasteiger partial charge in [-0.25, -0.2) is 0 Å². The summed E-state index contributed by atoms with van der Waals surface area (Å²) in [4.78, 5) is 0. The quantitative estimate of drug-likeness (QED) is 0.705. The summed E-state index contributed by atoms with van der Waals surface area (Å²) in [5.41, 5.74) is 1.43. The van der Waals surface area contributed by atoms with Crippen LogP contribution < -0.4 is 0 Å². The van der Waals surface area contributed by atoms with Gasteiger partial charge in [-0.2, -0.15) is 0 Å². The Morgan fingerprint density at radius 2 is 1.93 bits per heavy atom. The smallest absolute Gasteiger partial charge is 0.0406 e. The second kappa shape index (κ2) is 4.67. The van der Waals surface area contributed by atoms with Crippen LogP contribution in [-0.4, -0.2) is 5.33 Å². The first-order valence-electron chi connectivity index (χ1n) is 5.12. The van der Waals surface area contributed by atoms with Crippen LogP contribution >= 0.6 is 27.5 Å². The lowest BCUT2D eigenvalue weighted by Gasteiger charge is -2.33. The first-order chi connectivity index (χ1) is 6.81. The lowest BCUT2D eigenvalue weighted by Crippen LogP contribution is -2.21. The van der Waals surface area contributed by atoms with Crippen LogP contribution in [0.2, 0.25) is 5.02 Å². The predicted octanol–water partition coefficient (Wildman–Crippen LogP) is 4.62. The van der Waals surface area contributed by atoms with Gasteiger partial charge >= 0.3 is 0 Å². The van der Waals surface area contributed by atoms with Gasteiger partial charge in [0.15, 0.2) is 0 Å². The van der Waals surface area contributed by atoms with Crippen molar-refractivity contribution < 1.29 is 0 Å². The number of benzene rings is 1. The van der Waals surface area contributed by atoms with Crippen molar-refractivity contribution in [3.8, 4) is 0 Å². The maximum atomic E-state index is 5.88. The molecular weight excluding hydrogens is 259 g/mol. The minimum Gasteiger partial charge on any atom is -0.0921 e. The Morgan fingerprint density at radius 3 is 2.36 bits per heavy atom. The van der Waals surface area contributed by atoms with Crippen LogP contribution in [0, 0.1) is 5.92 Å². The Morgan fingerprint density at radius 1 is 1.29 bits per heavy atom. The highest BCUT2D eigenvalue weighted by Crippen LogP contribution is 2.40. The van der Waals surface area contributed by atoms with Gasteiger partial charge in [-0.3, -0.25) is 0 Å². The normalized spacial score (nSPS) is 19.0. The Labute approximate surface area is 98.8 Å². The monoisotopic (exact) mass is 272 g/mol. The topological polar surface area (TPSA) is 0 Å². The predicted molar refractivity (Wildman–Crippen MR) is 65.3 cm³/mol. The van der Waals surface area contributed by atoms with Gasteiger partial charge in [0.25, 0.3) is 0 Å². The van der Waals surface area contributed by atoms with Crippen molar-refractivity contribution in [3.63, 3.8) is 0 Å². The number of alkyl halides is 1. The van der Waals surface area contributed by atoms with Crippen LogP contribution in [0.25, 0.3) is 0 Å². The maximum Gasteiger partial charge on any atom is 0.0406 e. The molecule has 1 saturated carbocycles. The summed E-state index contributed by atoms with van der Waals surface area (Å²) in [5, 5.41) is 1.90. The fourth-order valence-electron chi connectivity index (χ4n) is 2.04. The van der Waals surface area contributed by atoms with E-state index < -0.39 is 0 Å². The standard InChI is InChI=1S/C12H14BrCl/c13-8-12(9-2-1-3-9)10-4-6-11(14)7-5-10/h4-7,9,12H,1-3,8H2. The molecule has 1 unspecified atom stereocenters. The van der Waals surface area contributed by atoms with Gasteiger partial charge in [-0.15, -0.1) is 0 Å². The summed E-state index contributed by atoms with van der Waals surface area (Å²) in [6.45, 7) is 0. The van der Waals surface area contributed by atoms with E-state index in [-0.39, 0.29) is 0 Å². The molecule has 1 fully saturated rings. The van der Waals surface area contributed by atoms with Crippen LogP contribution in [0.1, 0.15) is 30.7 Å². The van der Waals surface area contributed by atoms with Crippen molar-refractivity contribution in [3.05, 3.63) is 34.9 Å². The highest BCUT2D eigenvalue weighted by molar-refractivity contribution is 9.09. The second-order valence-corrected chi connectivity index (χ2v) is 5.09. The van der Waals surface area contributed by atoms with E-state index in [0.29, 0.717) is 5.92 Å². The largest absolute Gasteiger partial charge is 0.0921 e. The molecule has 0 radical (unpaired) electrons. The van der Waals surface area contributed by atoms with E-state index in [1.54, 1.807) is 0 Å². The zero-order chi connectivity index (χ0) is 9.97. The molecule has 1 aliphatic rings. The Kier molecular flexibility index (Phi) is 3.51. The van der Waals surface area contributed by atoms with E-state index >= 15 is 0 Å². The molecule has 0 amide bonds. The molecule has 1 aromatic rings. The molecule has 0 saturated heterocycles. The van der Waals surface area contributed by atoms with Gasteiger partial charge in [0, 0.05) is 10.4 Å². The van der Waals surface area contributed by atoms with Gasteiger partial charge in [0.2, 0.25) is 0 Å². The van der Waals surface area contributed by atoms with Crippen LogP contribution in [0.4, 0.5) is 0 Å². The second-order valence-electron chi connectivity index (χ2n) is 4.00. The lowest BCUT2D eigenvalue weighted by atomic mass is 9.74. The third kappa shape index (κ3) is 2.14.